The van der Waals surface area contributed by atoms with Gasteiger partial charge in [-0.15, -0.1) is 0 Å². The summed E-state index contributed by atoms with van der Waals surface area (Å²) in [5.41, 5.74) is 2.08. The van der Waals surface area contributed by atoms with Gasteiger partial charge in [0.2, 0.25) is 10.6 Å². The predicted molar refractivity (Wildman–Crippen MR) is 92.3 cm³/mol. The number of carboxylic acids is 1. The maximum Gasteiger partial charge on any atom is 0.341 e. The summed E-state index contributed by atoms with van der Waals surface area (Å²) in [6.45, 7) is 1.44. The first kappa shape index (κ1) is 16.6. The van der Waals surface area contributed by atoms with Crippen LogP contribution in [0.1, 0.15) is 11.3 Å². The van der Waals surface area contributed by atoms with E-state index in [1.807, 2.05) is 13.0 Å². The van der Waals surface area contributed by atoms with Gasteiger partial charge < -0.3 is 9.84 Å². The van der Waals surface area contributed by atoms with Crippen LogP contribution in [0.5, 0.6) is 5.75 Å². The highest BCUT2D eigenvalue weighted by molar-refractivity contribution is 7.71. The molecule has 3 aromatic rings. The average Bonchev–Trinajstić information content (AvgIpc) is 3.17. The normalized spacial score (nSPS) is 11.1. The second-order valence-corrected chi connectivity index (χ2v) is 5.45. The van der Waals surface area contributed by atoms with Crippen molar-refractivity contribution in [3.05, 3.63) is 46.4 Å². The summed E-state index contributed by atoms with van der Waals surface area (Å²) >= 11 is 5.20. The van der Waals surface area contributed by atoms with E-state index >= 15 is 0 Å². The number of aryl methyl sites for hydroxylation is 1. The lowest BCUT2D eigenvalue weighted by atomic mass is 10.2. The van der Waals surface area contributed by atoms with Crippen molar-refractivity contribution in [2.75, 3.05) is 6.61 Å². The summed E-state index contributed by atoms with van der Waals surface area (Å²) in [5, 5.41) is 26.9. The first-order chi connectivity index (χ1) is 12.0. The zero-order valence-electron chi connectivity index (χ0n) is 13.1. The van der Waals surface area contributed by atoms with Gasteiger partial charge in [-0.3, -0.25) is 5.10 Å². The molecule has 2 heterocycles. The van der Waals surface area contributed by atoms with Gasteiger partial charge in [0.25, 0.3) is 0 Å². The summed E-state index contributed by atoms with van der Waals surface area (Å²) in [6.07, 6.45) is 1.52. The van der Waals surface area contributed by atoms with Crippen molar-refractivity contribution in [2.45, 2.75) is 6.92 Å². The molecule has 3 N–H and O–H groups in total. The number of hydrogen-bond donors (Lipinski definition) is 3. The first-order valence-electron chi connectivity index (χ1n) is 7.22. The van der Waals surface area contributed by atoms with Crippen molar-refractivity contribution in [2.24, 2.45) is 5.10 Å². The third kappa shape index (κ3) is 3.80. The van der Waals surface area contributed by atoms with Gasteiger partial charge in [-0.25, -0.2) is 9.89 Å². The van der Waals surface area contributed by atoms with Crippen LogP contribution < -0.4 is 4.74 Å². The monoisotopic (exact) mass is 358 g/mol. The van der Waals surface area contributed by atoms with Crippen molar-refractivity contribution in [3.63, 3.8) is 0 Å². The zero-order chi connectivity index (χ0) is 17.8. The number of nitrogens with one attached hydrogen (secondary N) is 2. The number of aliphatic carboxylic acids is 1. The molecule has 3 rings (SSSR count). The number of aromatic amines is 2. The molecular weight excluding hydrogens is 344 g/mol. The number of hydrogen-bond acceptors (Lipinski definition) is 6. The quantitative estimate of drug-likeness (QED) is 0.458. The Hall–Kier alpha value is -3.27. The first-order valence-corrected chi connectivity index (χ1v) is 7.63. The molecular formula is C15H14N6O3S. The second kappa shape index (κ2) is 7.09. The minimum absolute atomic E-state index is 0.302. The van der Waals surface area contributed by atoms with E-state index in [1.165, 1.54) is 10.9 Å². The Kier molecular flexibility index (Phi) is 4.70. The molecule has 25 heavy (non-hydrogen) atoms. The molecule has 0 aliphatic heterocycles. The van der Waals surface area contributed by atoms with Crippen LogP contribution in [0, 0.1) is 11.7 Å². The smallest absolute Gasteiger partial charge is 0.341 e. The Balaban J connectivity index is 1.92. The lowest BCUT2D eigenvalue weighted by molar-refractivity contribution is -0.139. The van der Waals surface area contributed by atoms with Crippen LogP contribution in [0.15, 0.2) is 35.4 Å². The third-order valence-electron chi connectivity index (χ3n) is 3.17. The van der Waals surface area contributed by atoms with E-state index in [4.69, 9.17) is 22.1 Å². The van der Waals surface area contributed by atoms with Gasteiger partial charge >= 0.3 is 5.97 Å². The number of ether oxygens (including phenoxy) is 1. The van der Waals surface area contributed by atoms with Crippen molar-refractivity contribution in [1.29, 1.82) is 0 Å². The van der Waals surface area contributed by atoms with Crippen molar-refractivity contribution >= 4 is 24.4 Å². The molecule has 10 heteroatoms. The highest BCUT2D eigenvalue weighted by Crippen LogP contribution is 2.18. The molecule has 0 saturated carbocycles. The van der Waals surface area contributed by atoms with Crippen LogP contribution >= 0.6 is 12.2 Å². The number of benzene rings is 1. The standard InChI is InChI=1S/C15H14N6O3S/c1-9-6-11(18-17-9)14-19-20-15(25)21(14)16-7-10-4-2-3-5-12(10)24-8-13(22)23/h2-7H,8H2,1H3,(H,17,18)(H,20,25)(H,22,23)/b16-7+. The maximum atomic E-state index is 10.7. The molecule has 0 bridgehead atoms. The largest absolute Gasteiger partial charge is 0.481 e. The maximum absolute atomic E-state index is 10.7. The molecule has 0 fully saturated rings. The van der Waals surface area contributed by atoms with E-state index in [2.05, 4.69) is 25.5 Å². The molecule has 0 radical (unpaired) electrons. The highest BCUT2D eigenvalue weighted by Gasteiger charge is 2.11. The molecule has 128 valence electrons. The molecule has 0 amide bonds. The van der Waals surface area contributed by atoms with Crippen LogP contribution in [0.4, 0.5) is 0 Å². The third-order valence-corrected chi connectivity index (χ3v) is 3.43. The van der Waals surface area contributed by atoms with Gasteiger partial charge in [0.15, 0.2) is 6.61 Å². The van der Waals surface area contributed by atoms with Gasteiger partial charge in [0.05, 0.1) is 6.21 Å². The van der Waals surface area contributed by atoms with Crippen molar-refractivity contribution < 1.29 is 14.6 Å². The number of rotatable bonds is 6. The minimum atomic E-state index is -1.06. The second-order valence-electron chi connectivity index (χ2n) is 5.07. The SMILES string of the molecule is Cc1cc(-c2n[nH]c(=S)n2/N=C/c2ccccc2OCC(=O)O)n[nH]1. The highest BCUT2D eigenvalue weighted by atomic mass is 32.1. The molecule has 1 aromatic carbocycles. The van der Waals surface area contributed by atoms with E-state index in [0.29, 0.717) is 27.6 Å². The molecule has 0 aliphatic rings. The fraction of sp³-hybridized carbons (Fsp3) is 0.133. The van der Waals surface area contributed by atoms with Crippen LogP contribution in [0.2, 0.25) is 0 Å². The number of carboxylic acid groups (broad SMARTS) is 1. The van der Waals surface area contributed by atoms with Crippen LogP contribution in [0.3, 0.4) is 0 Å². The Morgan fingerprint density at radius 1 is 1.40 bits per heavy atom. The number of carbonyl (C=O) groups is 1. The van der Waals surface area contributed by atoms with Crippen molar-refractivity contribution in [1.82, 2.24) is 25.1 Å². The van der Waals surface area contributed by atoms with Crippen LogP contribution in [0.25, 0.3) is 11.5 Å². The topological polar surface area (TPSA) is 121 Å². The Bertz CT molecular complexity index is 987. The number of nitrogens with zero attached hydrogens (tertiary/aromatic N) is 4. The summed E-state index contributed by atoms with van der Waals surface area (Å²) in [7, 11) is 0. The predicted octanol–water partition coefficient (Wildman–Crippen LogP) is 1.98. The van der Waals surface area contributed by atoms with E-state index in [0.717, 1.165) is 5.69 Å². The molecule has 0 spiro atoms. The van der Waals surface area contributed by atoms with Gasteiger partial charge in [0.1, 0.15) is 11.4 Å². The number of H-pyrrole nitrogens is 2. The molecule has 0 unspecified atom stereocenters. The molecule has 0 saturated heterocycles. The number of aromatic nitrogens is 5. The molecule has 9 nitrogen and oxygen atoms in total. The molecule has 0 atom stereocenters. The molecule has 2 aromatic heterocycles. The molecule has 0 aliphatic carbocycles. The summed E-state index contributed by atoms with van der Waals surface area (Å²) in [4.78, 5) is 10.7. The fourth-order valence-corrected chi connectivity index (χ4v) is 2.25. The minimum Gasteiger partial charge on any atom is -0.481 e. The van der Waals surface area contributed by atoms with E-state index in [1.54, 1.807) is 24.3 Å². The Morgan fingerprint density at radius 2 is 2.20 bits per heavy atom. The Labute approximate surface area is 147 Å². The lowest BCUT2D eigenvalue weighted by Gasteiger charge is -2.06. The van der Waals surface area contributed by atoms with E-state index in [-0.39, 0.29) is 0 Å². The average molecular weight is 358 g/mol. The van der Waals surface area contributed by atoms with Gasteiger partial charge in [-0.2, -0.15) is 20.0 Å². The zero-order valence-corrected chi connectivity index (χ0v) is 13.9. The van der Waals surface area contributed by atoms with Crippen LogP contribution in [-0.4, -0.2) is 49.0 Å². The fourth-order valence-electron chi connectivity index (χ4n) is 2.08. The lowest BCUT2D eigenvalue weighted by Crippen LogP contribution is -2.10. The van der Waals surface area contributed by atoms with Crippen molar-refractivity contribution in [3.8, 4) is 17.3 Å². The van der Waals surface area contributed by atoms with Gasteiger partial charge in [-0.1, -0.05) is 12.1 Å². The summed E-state index contributed by atoms with van der Waals surface area (Å²) in [5.74, 6) is -0.199. The van der Waals surface area contributed by atoms with Crippen LogP contribution in [-0.2, 0) is 4.79 Å². The summed E-state index contributed by atoms with van der Waals surface area (Å²) in [6, 6.07) is 8.78. The Morgan fingerprint density at radius 3 is 2.92 bits per heavy atom. The van der Waals surface area contributed by atoms with Gasteiger partial charge in [-0.05, 0) is 37.3 Å². The summed E-state index contributed by atoms with van der Waals surface area (Å²) < 4.78 is 6.98. The number of para-hydroxylation sites is 1. The van der Waals surface area contributed by atoms with Gasteiger partial charge in [0, 0.05) is 11.3 Å². The van der Waals surface area contributed by atoms with E-state index in [9.17, 15) is 4.79 Å². The van der Waals surface area contributed by atoms with E-state index < -0.39 is 12.6 Å².